The first-order chi connectivity index (χ1) is 17.8. The van der Waals surface area contributed by atoms with Crippen molar-refractivity contribution < 1.29 is 28.3 Å². The molecule has 0 aliphatic heterocycles. The van der Waals surface area contributed by atoms with Crippen molar-refractivity contribution in [1.29, 1.82) is 0 Å². The molecule has 0 unspecified atom stereocenters. The van der Waals surface area contributed by atoms with Gasteiger partial charge in [0.25, 0.3) is 0 Å². The Kier molecular flexibility index (Phi) is 7.14. The van der Waals surface area contributed by atoms with E-state index in [0.717, 1.165) is 19.3 Å². The summed E-state index contributed by atoms with van der Waals surface area (Å²) in [5, 5.41) is 11.8. The van der Waals surface area contributed by atoms with Gasteiger partial charge in [0.1, 0.15) is 17.9 Å². The van der Waals surface area contributed by atoms with Crippen LogP contribution in [0.3, 0.4) is 0 Å². The van der Waals surface area contributed by atoms with E-state index in [-0.39, 0.29) is 30.6 Å². The highest BCUT2D eigenvalue weighted by molar-refractivity contribution is 7.52. The van der Waals surface area contributed by atoms with Gasteiger partial charge >= 0.3 is 13.7 Å². The van der Waals surface area contributed by atoms with Crippen molar-refractivity contribution in [3.8, 4) is 11.6 Å². The number of ether oxygens (including phenoxy) is 1. The van der Waals surface area contributed by atoms with Gasteiger partial charge in [-0.25, -0.2) is 9.55 Å². The molecule has 3 aromatic rings. The molecule has 13 heteroatoms. The molecule has 37 heavy (non-hydrogen) atoms. The van der Waals surface area contributed by atoms with Gasteiger partial charge in [-0.15, -0.1) is 0 Å². The van der Waals surface area contributed by atoms with E-state index < -0.39 is 19.8 Å². The molecule has 1 fully saturated rings. The molecule has 0 saturated heterocycles. The highest BCUT2D eigenvalue weighted by Gasteiger charge is 2.33. The molecule has 0 bridgehead atoms. The van der Waals surface area contributed by atoms with Crippen LogP contribution in [0.15, 0.2) is 48.8 Å². The first-order valence-electron chi connectivity index (χ1n) is 12.1. The van der Waals surface area contributed by atoms with E-state index in [9.17, 15) is 14.5 Å². The van der Waals surface area contributed by atoms with E-state index in [2.05, 4.69) is 20.0 Å². The summed E-state index contributed by atoms with van der Waals surface area (Å²) >= 11 is 0. The van der Waals surface area contributed by atoms with Crippen molar-refractivity contribution in [3.63, 3.8) is 0 Å². The molecular weight excluding hydrogens is 499 g/mol. The Morgan fingerprint density at radius 3 is 2.76 bits per heavy atom. The summed E-state index contributed by atoms with van der Waals surface area (Å²) in [7, 11) is -3.98. The molecule has 1 aromatic carbocycles. The number of nitrogens with zero attached hydrogens (tertiary/aromatic N) is 4. The average molecular weight is 529 g/mol. The van der Waals surface area contributed by atoms with Gasteiger partial charge < -0.3 is 24.7 Å². The summed E-state index contributed by atoms with van der Waals surface area (Å²) in [5.41, 5.74) is 7.09. The molecule has 4 N–H and O–H groups in total. The van der Waals surface area contributed by atoms with E-state index in [1.807, 2.05) is 16.7 Å². The number of hydrogen-bond donors (Lipinski definition) is 3. The Morgan fingerprint density at radius 2 is 2.05 bits per heavy atom. The number of carbonyl (C=O) groups is 1. The number of aliphatic carboxylic acids is 1. The van der Waals surface area contributed by atoms with Gasteiger partial charge in [0, 0.05) is 5.92 Å². The zero-order chi connectivity index (χ0) is 26.0. The lowest BCUT2D eigenvalue weighted by Crippen LogP contribution is -2.33. The number of para-hydroxylation sites is 1. The van der Waals surface area contributed by atoms with Crippen LogP contribution in [0.5, 0.6) is 11.6 Å². The maximum absolute atomic E-state index is 13.4. The quantitative estimate of drug-likeness (QED) is 0.245. The molecule has 12 nitrogen and oxygen atoms in total. The van der Waals surface area contributed by atoms with E-state index in [1.165, 1.54) is 6.92 Å². The fourth-order valence-electron chi connectivity index (χ4n) is 4.16. The van der Waals surface area contributed by atoms with Crippen LogP contribution in [0.1, 0.15) is 38.6 Å². The second-order valence-electron chi connectivity index (χ2n) is 9.22. The number of benzene rings is 1. The molecule has 0 radical (unpaired) electrons. The standard InChI is InChI=1S/C24H29N6O6P/c1-15(23(31)32)29-37(33,36-19-6-3-2-4-7-19)34-13-16-10-11-17(12-16)30-14-26-20-21(30)27-24(25)28-22(20)35-18-8-5-9-18/h2-4,6-7,10-11,14-18H,5,8-9,12-13H2,1H3,(H,29,33)(H,31,32)(H2,25,27,28)/t15-,16+,17-,37-/m0/s1. The highest BCUT2D eigenvalue weighted by Crippen LogP contribution is 2.46. The van der Waals surface area contributed by atoms with Crippen LogP contribution in [0.4, 0.5) is 5.95 Å². The molecular formula is C24H29N6O6P. The molecule has 0 spiro atoms. The van der Waals surface area contributed by atoms with Crippen molar-refractivity contribution in [1.82, 2.24) is 24.6 Å². The SMILES string of the molecule is C[C@H](N[P@](=O)(OC[C@@H]1C=C[C@H](n2cnc3c(OC4CCC4)nc(N)nc32)C1)Oc1ccccc1)C(=O)O. The van der Waals surface area contributed by atoms with Crippen molar-refractivity contribution in [2.75, 3.05) is 12.3 Å². The molecule has 2 aromatic heterocycles. The minimum absolute atomic E-state index is 0.0518. The Hall–Kier alpha value is -3.47. The van der Waals surface area contributed by atoms with E-state index in [0.29, 0.717) is 29.2 Å². The molecule has 2 aliphatic carbocycles. The van der Waals surface area contributed by atoms with Crippen molar-refractivity contribution >= 4 is 30.8 Å². The monoisotopic (exact) mass is 528 g/mol. The topological polar surface area (TPSA) is 164 Å². The Morgan fingerprint density at radius 1 is 1.27 bits per heavy atom. The number of nitrogens with two attached hydrogens (primary N) is 1. The van der Waals surface area contributed by atoms with Gasteiger partial charge in [-0.3, -0.25) is 9.32 Å². The van der Waals surface area contributed by atoms with Crippen LogP contribution in [0, 0.1) is 5.92 Å². The van der Waals surface area contributed by atoms with Gasteiger partial charge in [-0.05, 0) is 44.7 Å². The Labute approximate surface area is 213 Å². The third-order valence-electron chi connectivity index (χ3n) is 6.39. The van der Waals surface area contributed by atoms with Crippen molar-refractivity contribution in [2.24, 2.45) is 5.92 Å². The molecule has 2 aliphatic rings. The lowest BCUT2D eigenvalue weighted by atomic mass is 9.96. The molecule has 5 rings (SSSR count). The van der Waals surface area contributed by atoms with E-state index >= 15 is 0 Å². The van der Waals surface area contributed by atoms with Crippen LogP contribution in [0.25, 0.3) is 11.2 Å². The van der Waals surface area contributed by atoms with Crippen molar-refractivity contribution in [3.05, 3.63) is 48.8 Å². The molecule has 2 heterocycles. The number of anilines is 1. The Balaban J connectivity index is 1.27. The Bertz CT molecular complexity index is 1340. The number of carboxylic acids is 1. The zero-order valence-corrected chi connectivity index (χ0v) is 21.2. The van der Waals surface area contributed by atoms with Gasteiger partial charge in [-0.1, -0.05) is 30.4 Å². The second-order valence-corrected chi connectivity index (χ2v) is 10.9. The second kappa shape index (κ2) is 10.5. The largest absolute Gasteiger partial charge is 0.480 e. The number of fused-ring (bicyclic) bond motifs is 1. The van der Waals surface area contributed by atoms with Gasteiger partial charge in [0.2, 0.25) is 11.8 Å². The smallest absolute Gasteiger partial charge is 0.459 e. The maximum Gasteiger partial charge on any atom is 0.459 e. The minimum Gasteiger partial charge on any atom is -0.480 e. The molecule has 0 amide bonds. The predicted molar refractivity (Wildman–Crippen MR) is 135 cm³/mol. The minimum atomic E-state index is -3.98. The van der Waals surface area contributed by atoms with Gasteiger partial charge in [0.15, 0.2) is 11.2 Å². The van der Waals surface area contributed by atoms with Crippen LogP contribution < -0.4 is 20.1 Å². The third kappa shape index (κ3) is 5.76. The summed E-state index contributed by atoms with van der Waals surface area (Å²) in [5.74, 6) is -0.469. The molecule has 1 saturated carbocycles. The first kappa shape index (κ1) is 25.2. The number of allylic oxidation sites excluding steroid dienone is 1. The third-order valence-corrected chi connectivity index (χ3v) is 8.04. The number of rotatable bonds is 11. The summed E-state index contributed by atoms with van der Waals surface area (Å²) in [6, 6.07) is 7.24. The fraction of sp³-hybridized carbons (Fsp3) is 0.417. The van der Waals surface area contributed by atoms with Crippen LogP contribution >= 0.6 is 7.75 Å². The molecule has 4 atom stereocenters. The lowest BCUT2D eigenvalue weighted by molar-refractivity contribution is -0.138. The lowest BCUT2D eigenvalue weighted by Gasteiger charge is -2.25. The highest BCUT2D eigenvalue weighted by atomic mass is 31.2. The summed E-state index contributed by atoms with van der Waals surface area (Å²) in [6.07, 6.45) is 9.48. The fourth-order valence-corrected chi connectivity index (χ4v) is 5.71. The number of aromatic nitrogens is 4. The normalized spacial score (nSPS) is 21.9. The van der Waals surface area contributed by atoms with E-state index in [4.69, 9.17) is 19.5 Å². The number of imidazole rings is 1. The average Bonchev–Trinajstić information content (AvgIpc) is 3.47. The van der Waals surface area contributed by atoms with Crippen LogP contribution in [0.2, 0.25) is 0 Å². The zero-order valence-electron chi connectivity index (χ0n) is 20.3. The number of nitrogen functional groups attached to an aromatic ring is 1. The predicted octanol–water partition coefficient (Wildman–Crippen LogP) is 3.72. The number of hydrogen-bond acceptors (Lipinski definition) is 9. The maximum atomic E-state index is 13.4. The molecule has 196 valence electrons. The van der Waals surface area contributed by atoms with Crippen LogP contribution in [-0.4, -0.2) is 49.3 Å². The van der Waals surface area contributed by atoms with Gasteiger partial charge in [0.05, 0.1) is 19.0 Å². The van der Waals surface area contributed by atoms with Crippen molar-refractivity contribution in [2.45, 2.75) is 50.8 Å². The number of nitrogens with one attached hydrogen (secondary N) is 1. The van der Waals surface area contributed by atoms with Crippen LogP contribution in [-0.2, 0) is 13.9 Å². The van der Waals surface area contributed by atoms with Gasteiger partial charge in [-0.2, -0.15) is 15.1 Å². The summed E-state index contributed by atoms with van der Waals surface area (Å²) < 4.78 is 32.6. The summed E-state index contributed by atoms with van der Waals surface area (Å²) in [6.45, 7) is 1.43. The first-order valence-corrected chi connectivity index (χ1v) is 13.7. The summed E-state index contributed by atoms with van der Waals surface area (Å²) in [4.78, 5) is 24.5. The van der Waals surface area contributed by atoms with E-state index in [1.54, 1.807) is 36.7 Å². The number of carboxylic acid groups (broad SMARTS) is 1.